The van der Waals surface area contributed by atoms with E-state index in [1.165, 1.54) is 0 Å². The van der Waals surface area contributed by atoms with Crippen LogP contribution in [0.15, 0.2) is 0 Å². The summed E-state index contributed by atoms with van der Waals surface area (Å²) in [7, 11) is 0. The van der Waals surface area contributed by atoms with Gasteiger partial charge in [-0.1, -0.05) is 0 Å². The van der Waals surface area contributed by atoms with Crippen molar-refractivity contribution >= 4 is 0 Å². The standard InChI is InChI=1S/C6H16N2O4/c9-7-1-3-11-5-6-12-4-2-8-10/h7-10H,1-6H2. The van der Waals surface area contributed by atoms with Crippen LogP contribution >= 0.6 is 0 Å². The molecule has 0 saturated carbocycles. The predicted octanol–water partition coefficient (Wildman–Crippen LogP) is -1.02. The summed E-state index contributed by atoms with van der Waals surface area (Å²) in [5.74, 6) is 0. The van der Waals surface area contributed by atoms with Crippen molar-refractivity contribution in [2.24, 2.45) is 0 Å². The van der Waals surface area contributed by atoms with Crippen LogP contribution in [0.5, 0.6) is 0 Å². The van der Waals surface area contributed by atoms with Crippen molar-refractivity contribution in [3.05, 3.63) is 0 Å². The van der Waals surface area contributed by atoms with E-state index >= 15 is 0 Å². The highest BCUT2D eigenvalue weighted by atomic mass is 16.5. The Bertz CT molecular complexity index is 73.9. The molecule has 6 heteroatoms. The molecule has 4 N–H and O–H groups in total. The minimum absolute atomic E-state index is 0.415. The van der Waals surface area contributed by atoms with Gasteiger partial charge in [-0.25, -0.2) is 11.0 Å². The summed E-state index contributed by atoms with van der Waals surface area (Å²) in [4.78, 5) is 0. The lowest BCUT2D eigenvalue weighted by Gasteiger charge is -2.04. The Labute approximate surface area is 71.4 Å². The van der Waals surface area contributed by atoms with Gasteiger partial charge in [0.1, 0.15) is 0 Å². The van der Waals surface area contributed by atoms with Gasteiger partial charge in [-0.3, -0.25) is 0 Å². The van der Waals surface area contributed by atoms with Gasteiger partial charge in [0.05, 0.1) is 26.4 Å². The molecule has 0 rings (SSSR count). The van der Waals surface area contributed by atoms with Crippen molar-refractivity contribution in [2.45, 2.75) is 0 Å². The summed E-state index contributed by atoms with van der Waals surface area (Å²) in [5.41, 5.74) is 3.94. The monoisotopic (exact) mass is 180 g/mol. The molecule has 0 amide bonds. The van der Waals surface area contributed by atoms with E-state index in [1.54, 1.807) is 0 Å². The summed E-state index contributed by atoms with van der Waals surface area (Å²) in [6, 6.07) is 0. The highest BCUT2D eigenvalue weighted by Crippen LogP contribution is 1.76. The summed E-state index contributed by atoms with van der Waals surface area (Å²) in [6.07, 6.45) is 0. The second-order valence-corrected chi connectivity index (χ2v) is 2.04. The highest BCUT2D eigenvalue weighted by molar-refractivity contribution is 4.35. The largest absolute Gasteiger partial charge is 0.378 e. The molecule has 0 fully saturated rings. The molecule has 0 aliphatic carbocycles. The molecule has 0 aliphatic rings. The van der Waals surface area contributed by atoms with Gasteiger partial charge in [-0.2, -0.15) is 0 Å². The zero-order valence-corrected chi connectivity index (χ0v) is 6.95. The third-order valence-corrected chi connectivity index (χ3v) is 1.09. The van der Waals surface area contributed by atoms with Gasteiger partial charge in [-0.15, -0.1) is 0 Å². The van der Waals surface area contributed by atoms with Crippen LogP contribution in [-0.4, -0.2) is 49.9 Å². The van der Waals surface area contributed by atoms with Gasteiger partial charge >= 0.3 is 0 Å². The van der Waals surface area contributed by atoms with E-state index in [4.69, 9.17) is 19.9 Å². The quantitative estimate of drug-likeness (QED) is 0.268. The minimum atomic E-state index is 0.415. The minimum Gasteiger partial charge on any atom is -0.378 e. The number of hydroxylamine groups is 2. The van der Waals surface area contributed by atoms with E-state index in [-0.39, 0.29) is 0 Å². The van der Waals surface area contributed by atoms with Gasteiger partial charge < -0.3 is 19.9 Å². The first kappa shape index (κ1) is 11.8. The normalized spacial score (nSPS) is 10.5. The van der Waals surface area contributed by atoms with Crippen LogP contribution in [0.3, 0.4) is 0 Å². The van der Waals surface area contributed by atoms with Gasteiger partial charge in [0.2, 0.25) is 0 Å². The number of ether oxygens (including phenoxy) is 2. The molecule has 0 bridgehead atoms. The maximum atomic E-state index is 8.14. The smallest absolute Gasteiger partial charge is 0.0701 e. The average Bonchev–Trinajstić information content (AvgIpc) is 2.10. The molecule has 0 radical (unpaired) electrons. The molecule has 0 aromatic heterocycles. The van der Waals surface area contributed by atoms with Crippen molar-refractivity contribution < 1.29 is 19.9 Å². The first-order chi connectivity index (χ1) is 5.91. The van der Waals surface area contributed by atoms with Crippen LogP contribution < -0.4 is 11.0 Å². The maximum Gasteiger partial charge on any atom is 0.0701 e. The average molecular weight is 180 g/mol. The molecule has 0 aromatic rings. The van der Waals surface area contributed by atoms with Gasteiger partial charge in [-0.05, 0) is 0 Å². The first-order valence-corrected chi connectivity index (χ1v) is 3.81. The predicted molar refractivity (Wildman–Crippen MR) is 41.2 cm³/mol. The van der Waals surface area contributed by atoms with Crippen molar-refractivity contribution in [2.75, 3.05) is 39.5 Å². The second kappa shape index (κ2) is 10.8. The fourth-order valence-corrected chi connectivity index (χ4v) is 0.558. The molecule has 12 heavy (non-hydrogen) atoms. The number of hydrogen-bond acceptors (Lipinski definition) is 6. The molecule has 0 heterocycles. The van der Waals surface area contributed by atoms with Gasteiger partial charge in [0, 0.05) is 13.1 Å². The first-order valence-electron chi connectivity index (χ1n) is 3.81. The van der Waals surface area contributed by atoms with Gasteiger partial charge in [0.15, 0.2) is 0 Å². The lowest BCUT2D eigenvalue weighted by molar-refractivity contribution is 0.0292. The van der Waals surface area contributed by atoms with Crippen LogP contribution in [-0.2, 0) is 9.47 Å². The van der Waals surface area contributed by atoms with Crippen molar-refractivity contribution in [1.82, 2.24) is 11.0 Å². The van der Waals surface area contributed by atoms with Crippen LogP contribution in [0, 0.1) is 0 Å². The summed E-state index contributed by atoms with van der Waals surface area (Å²) in [6.45, 7) is 2.73. The molecule has 0 atom stereocenters. The van der Waals surface area contributed by atoms with E-state index < -0.39 is 0 Å². The Hall–Kier alpha value is -0.240. The zero-order valence-electron chi connectivity index (χ0n) is 6.95. The molecule has 0 aliphatic heterocycles. The molecular weight excluding hydrogens is 164 g/mol. The zero-order chi connectivity index (χ0) is 9.07. The third kappa shape index (κ3) is 9.76. The number of hydrogen-bond donors (Lipinski definition) is 4. The number of rotatable bonds is 9. The molecule has 0 unspecified atom stereocenters. The van der Waals surface area contributed by atoms with E-state index in [9.17, 15) is 0 Å². The van der Waals surface area contributed by atoms with E-state index in [0.29, 0.717) is 39.5 Å². The fourth-order valence-electron chi connectivity index (χ4n) is 0.558. The maximum absolute atomic E-state index is 8.14. The second-order valence-electron chi connectivity index (χ2n) is 2.04. The summed E-state index contributed by atoms with van der Waals surface area (Å²) >= 11 is 0. The lowest BCUT2D eigenvalue weighted by atomic mass is 10.7. The fraction of sp³-hybridized carbons (Fsp3) is 1.00. The van der Waals surface area contributed by atoms with E-state index in [2.05, 4.69) is 0 Å². The van der Waals surface area contributed by atoms with Crippen molar-refractivity contribution in [3.8, 4) is 0 Å². The van der Waals surface area contributed by atoms with Crippen LogP contribution in [0.25, 0.3) is 0 Å². The van der Waals surface area contributed by atoms with E-state index in [1.807, 2.05) is 11.0 Å². The Kier molecular flexibility index (Phi) is 10.5. The Morgan fingerprint density at radius 1 is 0.750 bits per heavy atom. The lowest BCUT2D eigenvalue weighted by Crippen LogP contribution is -2.19. The molecule has 0 aromatic carbocycles. The van der Waals surface area contributed by atoms with Crippen molar-refractivity contribution in [3.63, 3.8) is 0 Å². The molecule has 6 nitrogen and oxygen atoms in total. The molecular formula is C6H16N2O4. The highest BCUT2D eigenvalue weighted by Gasteiger charge is 1.88. The number of nitrogens with one attached hydrogen (secondary N) is 2. The molecule has 0 spiro atoms. The summed E-state index contributed by atoms with van der Waals surface area (Å²) < 4.78 is 10.0. The van der Waals surface area contributed by atoms with Gasteiger partial charge in [0.25, 0.3) is 0 Å². The Balaban J connectivity index is 2.73. The third-order valence-electron chi connectivity index (χ3n) is 1.09. The topological polar surface area (TPSA) is 83.0 Å². The van der Waals surface area contributed by atoms with Crippen LogP contribution in [0.1, 0.15) is 0 Å². The Morgan fingerprint density at radius 2 is 1.17 bits per heavy atom. The Morgan fingerprint density at radius 3 is 1.50 bits per heavy atom. The SMILES string of the molecule is ONCCOCCOCCNO. The summed E-state index contributed by atoms with van der Waals surface area (Å²) in [5, 5.41) is 16.3. The van der Waals surface area contributed by atoms with E-state index in [0.717, 1.165) is 0 Å². The molecule has 74 valence electrons. The molecule has 0 saturated heterocycles. The van der Waals surface area contributed by atoms with Crippen LogP contribution in [0.2, 0.25) is 0 Å². The van der Waals surface area contributed by atoms with Crippen LogP contribution in [0.4, 0.5) is 0 Å². The van der Waals surface area contributed by atoms with Crippen molar-refractivity contribution in [1.29, 1.82) is 0 Å².